The minimum atomic E-state index is -0.404. The van der Waals surface area contributed by atoms with Crippen LogP contribution >= 0.6 is 0 Å². The second-order valence-electron chi connectivity index (χ2n) is 5.02. The maximum absolute atomic E-state index is 10.9. The highest BCUT2D eigenvalue weighted by molar-refractivity contribution is 5.83. The number of fused-ring (bicyclic) bond motifs is 1. The molecular formula is C13H14N6O. The van der Waals surface area contributed by atoms with Crippen molar-refractivity contribution in [3.05, 3.63) is 23.7 Å². The van der Waals surface area contributed by atoms with E-state index in [-0.39, 0.29) is 6.42 Å². The van der Waals surface area contributed by atoms with Crippen molar-refractivity contribution in [2.24, 2.45) is 5.73 Å². The first-order chi connectivity index (χ1) is 9.67. The normalized spacial score (nSPS) is 15.9. The molecule has 7 nitrogen and oxygen atoms in total. The predicted octanol–water partition coefficient (Wildman–Crippen LogP) is -0.0915. The van der Waals surface area contributed by atoms with Gasteiger partial charge in [0.25, 0.3) is 0 Å². The Morgan fingerprint density at radius 2 is 2.40 bits per heavy atom. The van der Waals surface area contributed by atoms with Crippen LogP contribution in [0.5, 0.6) is 0 Å². The average Bonchev–Trinajstić information content (AvgIpc) is 2.75. The van der Waals surface area contributed by atoms with Crippen molar-refractivity contribution in [2.75, 3.05) is 19.6 Å². The number of likely N-dealkylation sites (tertiary alicyclic amines) is 1. The summed E-state index contributed by atoms with van der Waals surface area (Å²) in [6.07, 6.45) is 1.86. The van der Waals surface area contributed by atoms with Crippen molar-refractivity contribution in [2.45, 2.75) is 12.3 Å². The fourth-order valence-corrected chi connectivity index (χ4v) is 2.54. The Morgan fingerprint density at radius 3 is 3.10 bits per heavy atom. The molecule has 7 heteroatoms. The third-order valence-corrected chi connectivity index (χ3v) is 3.54. The first kappa shape index (κ1) is 12.6. The Hall–Kier alpha value is -2.46. The second-order valence-corrected chi connectivity index (χ2v) is 5.02. The first-order valence-corrected chi connectivity index (χ1v) is 6.38. The van der Waals surface area contributed by atoms with Gasteiger partial charge >= 0.3 is 0 Å². The Morgan fingerprint density at radius 1 is 1.60 bits per heavy atom. The maximum atomic E-state index is 10.9. The van der Waals surface area contributed by atoms with Crippen molar-refractivity contribution in [1.82, 2.24) is 20.1 Å². The second kappa shape index (κ2) is 4.90. The van der Waals surface area contributed by atoms with Gasteiger partial charge in [-0.15, -0.1) is 0 Å². The summed E-state index contributed by atoms with van der Waals surface area (Å²) in [5.41, 5.74) is 7.63. The van der Waals surface area contributed by atoms with E-state index in [1.165, 1.54) is 0 Å². The largest absolute Gasteiger partial charge is 0.369 e. The molecule has 3 heterocycles. The van der Waals surface area contributed by atoms with Gasteiger partial charge in [-0.2, -0.15) is 10.4 Å². The van der Waals surface area contributed by atoms with Crippen LogP contribution in [0.4, 0.5) is 0 Å². The summed E-state index contributed by atoms with van der Waals surface area (Å²) in [6.45, 7) is 2.17. The van der Waals surface area contributed by atoms with Crippen molar-refractivity contribution in [1.29, 1.82) is 5.26 Å². The maximum Gasteiger partial charge on any atom is 0.223 e. The standard InChI is InChI=1S/C13H14N6O/c14-1-2-19-6-8(7-19)13-10-5-16-9(4-12(15)20)3-11(10)17-18-13/h3,5,8H,2,4,6-7H2,(H2,15,20)(H,17,18). The summed E-state index contributed by atoms with van der Waals surface area (Å²) in [5.74, 6) is -0.0455. The molecule has 20 heavy (non-hydrogen) atoms. The number of pyridine rings is 1. The van der Waals surface area contributed by atoms with Gasteiger partial charge in [-0.1, -0.05) is 0 Å². The fourth-order valence-electron chi connectivity index (χ4n) is 2.54. The molecule has 0 aliphatic carbocycles. The van der Waals surface area contributed by atoms with Crippen LogP contribution in [0, 0.1) is 11.3 Å². The van der Waals surface area contributed by atoms with Gasteiger partial charge in [0.2, 0.25) is 5.91 Å². The van der Waals surface area contributed by atoms with Crippen LogP contribution in [0.25, 0.3) is 10.9 Å². The van der Waals surface area contributed by atoms with Crippen molar-refractivity contribution in [3.63, 3.8) is 0 Å². The van der Waals surface area contributed by atoms with Gasteiger partial charge in [0.05, 0.1) is 35.9 Å². The number of amides is 1. The monoisotopic (exact) mass is 270 g/mol. The zero-order valence-corrected chi connectivity index (χ0v) is 10.8. The number of nitrogens with one attached hydrogen (secondary N) is 1. The lowest BCUT2D eigenvalue weighted by atomic mass is 9.94. The lowest BCUT2D eigenvalue weighted by Gasteiger charge is -2.36. The highest BCUT2D eigenvalue weighted by Crippen LogP contribution is 2.30. The number of carbonyl (C=O) groups is 1. The number of nitrogens with two attached hydrogens (primary N) is 1. The van der Waals surface area contributed by atoms with E-state index in [1.54, 1.807) is 12.3 Å². The molecule has 3 N–H and O–H groups in total. The summed E-state index contributed by atoms with van der Waals surface area (Å²) in [5, 5.41) is 16.9. The van der Waals surface area contributed by atoms with Gasteiger partial charge in [0.1, 0.15) is 0 Å². The Bertz CT molecular complexity index is 694. The Kier molecular flexibility index (Phi) is 3.08. The first-order valence-electron chi connectivity index (χ1n) is 6.38. The molecule has 0 unspecified atom stereocenters. The van der Waals surface area contributed by atoms with E-state index in [4.69, 9.17) is 11.0 Å². The van der Waals surface area contributed by atoms with E-state index < -0.39 is 5.91 Å². The topological polar surface area (TPSA) is 112 Å². The molecule has 0 saturated carbocycles. The number of rotatable bonds is 4. The SMILES string of the molecule is N#CCN1CC(c2[nH]nc3cc(CC(N)=O)ncc23)C1. The predicted molar refractivity (Wildman–Crippen MR) is 71.6 cm³/mol. The van der Waals surface area contributed by atoms with Crippen LogP contribution < -0.4 is 5.73 Å². The number of hydrogen-bond donors (Lipinski definition) is 2. The zero-order chi connectivity index (χ0) is 14.1. The van der Waals surface area contributed by atoms with Crippen LogP contribution in [0.3, 0.4) is 0 Å². The zero-order valence-electron chi connectivity index (χ0n) is 10.8. The summed E-state index contributed by atoms with van der Waals surface area (Å²) in [4.78, 5) is 17.2. The summed E-state index contributed by atoms with van der Waals surface area (Å²) < 4.78 is 0. The van der Waals surface area contributed by atoms with Crippen molar-refractivity contribution in [3.8, 4) is 6.07 Å². The van der Waals surface area contributed by atoms with Gasteiger partial charge in [-0.3, -0.25) is 19.8 Å². The molecule has 1 fully saturated rings. The number of primary amides is 1. The van der Waals surface area contributed by atoms with Crippen LogP contribution in [0.1, 0.15) is 17.3 Å². The Labute approximate surface area is 115 Å². The van der Waals surface area contributed by atoms with Crippen molar-refractivity contribution < 1.29 is 4.79 Å². The molecule has 0 bridgehead atoms. The molecule has 0 spiro atoms. The molecule has 0 atom stereocenters. The number of carbonyl (C=O) groups excluding carboxylic acids is 1. The van der Waals surface area contributed by atoms with Gasteiger partial charge in [-0.25, -0.2) is 0 Å². The van der Waals surface area contributed by atoms with E-state index in [9.17, 15) is 4.79 Å². The molecule has 102 valence electrons. The molecule has 3 rings (SSSR count). The average molecular weight is 270 g/mol. The lowest BCUT2D eigenvalue weighted by Crippen LogP contribution is -2.45. The van der Waals surface area contributed by atoms with Crippen LogP contribution in [0.15, 0.2) is 12.3 Å². The third kappa shape index (κ3) is 2.21. The molecular weight excluding hydrogens is 256 g/mol. The molecule has 1 amide bonds. The van der Waals surface area contributed by atoms with Crippen LogP contribution in [-0.2, 0) is 11.2 Å². The van der Waals surface area contributed by atoms with Gasteiger partial charge in [0.15, 0.2) is 0 Å². The summed E-state index contributed by atoms with van der Waals surface area (Å²) in [6, 6.07) is 3.93. The van der Waals surface area contributed by atoms with Gasteiger partial charge in [0, 0.05) is 30.6 Å². The third-order valence-electron chi connectivity index (χ3n) is 3.54. The Balaban J connectivity index is 1.81. The number of H-pyrrole nitrogens is 1. The van der Waals surface area contributed by atoms with Gasteiger partial charge in [-0.05, 0) is 6.07 Å². The van der Waals surface area contributed by atoms with E-state index in [2.05, 4.69) is 26.2 Å². The number of hydrogen-bond acceptors (Lipinski definition) is 5. The number of aromatic amines is 1. The van der Waals surface area contributed by atoms with E-state index in [1.807, 2.05) is 0 Å². The quantitative estimate of drug-likeness (QED) is 0.754. The minimum absolute atomic E-state index is 0.123. The summed E-state index contributed by atoms with van der Waals surface area (Å²) >= 11 is 0. The van der Waals surface area contributed by atoms with Crippen LogP contribution in [-0.4, -0.2) is 45.6 Å². The highest BCUT2D eigenvalue weighted by atomic mass is 16.1. The lowest BCUT2D eigenvalue weighted by molar-refractivity contribution is -0.117. The van der Waals surface area contributed by atoms with E-state index in [0.717, 1.165) is 29.7 Å². The van der Waals surface area contributed by atoms with Crippen molar-refractivity contribution >= 4 is 16.8 Å². The number of nitrogens with zero attached hydrogens (tertiary/aromatic N) is 4. The minimum Gasteiger partial charge on any atom is -0.369 e. The highest BCUT2D eigenvalue weighted by Gasteiger charge is 2.30. The summed E-state index contributed by atoms with van der Waals surface area (Å²) in [7, 11) is 0. The van der Waals surface area contributed by atoms with E-state index >= 15 is 0 Å². The van der Waals surface area contributed by atoms with Gasteiger partial charge < -0.3 is 5.73 Å². The molecule has 1 saturated heterocycles. The smallest absolute Gasteiger partial charge is 0.223 e. The molecule has 1 aliphatic rings. The molecule has 2 aromatic rings. The number of nitriles is 1. The molecule has 0 aromatic carbocycles. The number of aromatic nitrogens is 3. The van der Waals surface area contributed by atoms with E-state index in [0.29, 0.717) is 18.2 Å². The fraction of sp³-hybridized carbons (Fsp3) is 0.385. The molecule has 2 aromatic heterocycles. The molecule has 0 radical (unpaired) electrons. The van der Waals surface area contributed by atoms with Crippen LogP contribution in [0.2, 0.25) is 0 Å². The molecule has 1 aliphatic heterocycles.